The predicted molar refractivity (Wildman–Crippen MR) is 242 cm³/mol. The zero-order valence-electron chi connectivity index (χ0n) is 38.2. The van der Waals surface area contributed by atoms with Crippen LogP contribution < -0.4 is 10.6 Å². The summed E-state index contributed by atoms with van der Waals surface area (Å²) in [6.45, 7) is 38.9. The smallest absolute Gasteiger partial charge is 0.191 e. The van der Waals surface area contributed by atoms with Crippen molar-refractivity contribution in [2.75, 3.05) is 30.3 Å². The second-order valence-electron chi connectivity index (χ2n) is 18.8. The van der Waals surface area contributed by atoms with Crippen molar-refractivity contribution in [3.63, 3.8) is 0 Å². The van der Waals surface area contributed by atoms with Crippen LogP contribution in [0.2, 0.25) is 0 Å². The molecule has 7 heteroatoms. The normalized spacial score (nSPS) is 16.4. The first-order valence-corrected chi connectivity index (χ1v) is 21.4. The minimum atomic E-state index is -0.280. The summed E-state index contributed by atoms with van der Waals surface area (Å²) in [6, 6.07) is 12.4. The van der Waals surface area contributed by atoms with Crippen LogP contribution in [-0.4, -0.2) is 31.2 Å². The molecule has 0 aliphatic heterocycles. The zero-order chi connectivity index (χ0) is 43.5. The van der Waals surface area contributed by atoms with E-state index in [1.807, 2.05) is 57.5 Å². The number of nitrogens with one attached hydrogen (secondary N) is 2. The second-order valence-corrected chi connectivity index (χ2v) is 19.5. The number of carbonyl (C=O) groups excluding carboxylic acids is 2. The number of carbonyl (C=O) groups is 2. The fraction of sp³-hybridized carbons (Fsp3) is 0.480. The standard InChI is InChI=1S/C44H56N2O2.C4H10N.C2H5N.Nb/c1-27-17-15-19-35(45-25-29-21-31(41(3,4)5)23-33(39(29)47)43(9,10)11)37(27)38-28(2)18-16-20-36(38)46-26-30-22-32(42(6,7)8)24-34(40(30)48)44(12,13)14;1-3-5-4-2;1-2-3;/h15-26,45-46H,1-14H3;3-4H2,1-2H3;2H2,1H3;/q;-1;;. The van der Waals surface area contributed by atoms with Crippen LogP contribution in [0.4, 0.5) is 11.4 Å². The van der Waals surface area contributed by atoms with E-state index in [-0.39, 0.29) is 33.2 Å². The van der Waals surface area contributed by atoms with Crippen LogP contribution in [-0.2, 0) is 30.5 Å². The number of aryl methyl sites for hydroxylation is 2. The topological polar surface area (TPSA) is 84.7 Å². The molecule has 0 unspecified atom stereocenters. The molecule has 2 N–H and O–H groups in total. The number of benzene rings is 2. The molecule has 0 saturated heterocycles. The van der Waals surface area contributed by atoms with Gasteiger partial charge >= 0.3 is 37.7 Å². The van der Waals surface area contributed by atoms with Crippen molar-refractivity contribution < 1.29 is 30.5 Å². The van der Waals surface area contributed by atoms with Crippen molar-refractivity contribution in [2.24, 2.45) is 25.0 Å². The maximum atomic E-state index is 13.8. The summed E-state index contributed by atoms with van der Waals surface area (Å²) < 4.78 is 3.79. The zero-order valence-corrected chi connectivity index (χ0v) is 40.4. The Hall–Kier alpha value is -3.68. The van der Waals surface area contributed by atoms with Gasteiger partial charge in [0.05, 0.1) is 0 Å². The molecular formula is C50H71N4NbO2-. The van der Waals surface area contributed by atoms with E-state index in [0.29, 0.717) is 11.1 Å². The van der Waals surface area contributed by atoms with Crippen molar-refractivity contribution in [2.45, 2.75) is 118 Å². The Balaban J connectivity index is 0.00000112. The van der Waals surface area contributed by atoms with Crippen molar-refractivity contribution in [3.05, 3.63) is 123 Å². The SMILES string of the molecule is CC[N-]CC.CC[N]=[Nb].Cc1cccc(NC=C2C=C(C(C)(C)C)C=C(C(C)(C)C)C2=O)c1-c1c(C)cccc1NC=C1C=C(C(C)(C)C)C=C(C(C)(C)C)C1=O. The molecule has 2 aromatic carbocycles. The van der Waals surface area contributed by atoms with Gasteiger partial charge in [-0.1, -0.05) is 133 Å². The summed E-state index contributed by atoms with van der Waals surface area (Å²) in [5, 5.41) is 11.1. The van der Waals surface area contributed by atoms with Gasteiger partial charge in [-0.15, -0.1) is 0 Å². The molecule has 0 saturated carbocycles. The predicted octanol–water partition coefficient (Wildman–Crippen LogP) is 13.8. The first-order valence-electron chi connectivity index (χ1n) is 20.4. The van der Waals surface area contributed by atoms with E-state index in [2.05, 4.69) is 153 Å². The summed E-state index contributed by atoms with van der Waals surface area (Å²) in [6.07, 6.45) is 11.9. The van der Waals surface area contributed by atoms with Gasteiger partial charge in [-0.3, -0.25) is 9.59 Å². The molecule has 0 spiro atoms. The quantitative estimate of drug-likeness (QED) is 0.205. The van der Waals surface area contributed by atoms with E-state index in [1.54, 1.807) is 0 Å². The van der Waals surface area contributed by atoms with Crippen LogP contribution in [0.15, 0.2) is 110 Å². The third-order valence-corrected chi connectivity index (χ3v) is 10.4. The average molecular weight is 853 g/mol. The molecule has 2 aromatic rings. The molecule has 0 heterocycles. The average Bonchev–Trinajstić information content (AvgIpc) is 3.10. The Bertz CT molecular complexity index is 1820. The molecule has 0 radical (unpaired) electrons. The molecule has 0 fully saturated rings. The first kappa shape index (κ1) is 49.5. The molecule has 0 aromatic heterocycles. The van der Waals surface area contributed by atoms with Gasteiger partial charge in [-0.2, -0.15) is 13.1 Å². The number of Topliss-reactive ketones (excluding diaryl/α,β-unsaturated/α-hetero) is 2. The monoisotopic (exact) mass is 852 g/mol. The maximum Gasteiger partial charge on any atom is 0.191 e. The van der Waals surface area contributed by atoms with Crippen molar-refractivity contribution >= 4 is 22.9 Å². The molecule has 2 aliphatic rings. The van der Waals surface area contributed by atoms with Gasteiger partial charge in [0.15, 0.2) is 11.6 Å². The largest absolute Gasteiger partial charge is 0.360 e. The molecule has 309 valence electrons. The van der Waals surface area contributed by atoms with E-state index >= 15 is 0 Å². The fourth-order valence-corrected chi connectivity index (χ4v) is 6.27. The number of rotatable bonds is 8. The molecule has 4 rings (SSSR count). The Morgan fingerprint density at radius 3 is 1.16 bits per heavy atom. The first-order chi connectivity index (χ1) is 26.3. The summed E-state index contributed by atoms with van der Waals surface area (Å²) in [7, 11) is 0. The number of hydrogen-bond acceptors (Lipinski definition) is 5. The van der Waals surface area contributed by atoms with Crippen LogP contribution in [0.5, 0.6) is 0 Å². The molecular weight excluding hydrogens is 781 g/mol. The number of anilines is 2. The third kappa shape index (κ3) is 14.0. The molecule has 6 nitrogen and oxygen atoms in total. The fourth-order valence-electron chi connectivity index (χ4n) is 6.27. The van der Waals surface area contributed by atoms with Gasteiger partial charge < -0.3 is 16.0 Å². The van der Waals surface area contributed by atoms with Crippen LogP contribution in [0.3, 0.4) is 0 Å². The molecule has 0 bridgehead atoms. The van der Waals surface area contributed by atoms with Gasteiger partial charge in [-0.05, 0) is 82.1 Å². The molecule has 57 heavy (non-hydrogen) atoms. The number of nitrogens with zero attached hydrogens (tertiary/aromatic N) is 2. The van der Waals surface area contributed by atoms with E-state index in [4.69, 9.17) is 0 Å². The van der Waals surface area contributed by atoms with Gasteiger partial charge in [-0.25, -0.2) is 0 Å². The van der Waals surface area contributed by atoms with Crippen molar-refractivity contribution in [1.82, 2.24) is 0 Å². The van der Waals surface area contributed by atoms with E-state index in [0.717, 1.165) is 75.6 Å². The van der Waals surface area contributed by atoms with Crippen molar-refractivity contribution in [1.29, 1.82) is 0 Å². The van der Waals surface area contributed by atoms with Crippen molar-refractivity contribution in [3.8, 4) is 11.1 Å². The van der Waals surface area contributed by atoms with E-state index in [9.17, 15) is 9.59 Å². The van der Waals surface area contributed by atoms with Gasteiger partial charge in [0.1, 0.15) is 0 Å². The van der Waals surface area contributed by atoms with Gasteiger partial charge in [0, 0.05) is 57.2 Å². The summed E-state index contributed by atoms with van der Waals surface area (Å²) in [5.74, 6) is 0.0937. The number of allylic oxidation sites excluding steroid dienone is 10. The summed E-state index contributed by atoms with van der Waals surface area (Å²) in [4.78, 5) is 27.5. The summed E-state index contributed by atoms with van der Waals surface area (Å²) >= 11 is 1.52. The number of ketones is 2. The Kier molecular flexibility index (Phi) is 18.1. The second kappa shape index (κ2) is 20.8. The Morgan fingerprint density at radius 1 is 0.579 bits per heavy atom. The van der Waals surface area contributed by atoms with Gasteiger partial charge in [0.2, 0.25) is 0 Å². The molecule has 0 atom stereocenters. The van der Waals surface area contributed by atoms with Crippen LogP contribution in [0, 0.1) is 35.5 Å². The van der Waals surface area contributed by atoms with E-state index in [1.165, 1.54) is 20.9 Å². The Labute approximate surface area is 358 Å². The maximum absolute atomic E-state index is 13.8. The molecule has 2 aliphatic carbocycles. The third-order valence-electron chi connectivity index (χ3n) is 9.73. The Morgan fingerprint density at radius 2 is 0.912 bits per heavy atom. The van der Waals surface area contributed by atoms with E-state index < -0.39 is 0 Å². The van der Waals surface area contributed by atoms with Crippen LogP contribution in [0.25, 0.3) is 16.4 Å². The minimum Gasteiger partial charge on any atom is -0.360 e. The van der Waals surface area contributed by atoms with Crippen LogP contribution >= 0.6 is 0 Å². The number of hydrogen-bond donors (Lipinski definition) is 2. The summed E-state index contributed by atoms with van der Waals surface area (Å²) in [5.41, 5.74) is 10.5. The molecule has 0 amide bonds. The van der Waals surface area contributed by atoms with Crippen LogP contribution in [0.1, 0.15) is 115 Å². The van der Waals surface area contributed by atoms with Gasteiger partial charge in [0.25, 0.3) is 0 Å². The minimum absolute atomic E-state index is 0.0468.